The highest BCUT2D eigenvalue weighted by atomic mass is 16.1. The van der Waals surface area contributed by atoms with Crippen molar-refractivity contribution in [3.63, 3.8) is 0 Å². The first-order chi connectivity index (χ1) is 5.16. The number of hydrogen-bond donors (Lipinski definition) is 0. The summed E-state index contributed by atoms with van der Waals surface area (Å²) in [7, 11) is 0. The van der Waals surface area contributed by atoms with Gasteiger partial charge in [0, 0.05) is 5.92 Å². The predicted octanol–water partition coefficient (Wildman–Crippen LogP) is 2.26. The fourth-order valence-corrected chi connectivity index (χ4v) is 3.18. The van der Waals surface area contributed by atoms with Crippen LogP contribution in [0.1, 0.15) is 33.1 Å². The molecule has 0 aromatic carbocycles. The van der Waals surface area contributed by atoms with Gasteiger partial charge in [0.25, 0.3) is 0 Å². The van der Waals surface area contributed by atoms with Crippen LogP contribution >= 0.6 is 0 Å². The third-order valence-corrected chi connectivity index (χ3v) is 4.04. The summed E-state index contributed by atoms with van der Waals surface area (Å²) >= 11 is 0. The van der Waals surface area contributed by atoms with Gasteiger partial charge < -0.3 is 4.79 Å². The molecule has 0 aliphatic heterocycles. The Balaban J connectivity index is 2.27. The molecule has 0 amide bonds. The summed E-state index contributed by atoms with van der Waals surface area (Å²) in [6.07, 6.45) is 5.18. The van der Waals surface area contributed by atoms with Crippen LogP contribution < -0.4 is 0 Å². The molecule has 11 heavy (non-hydrogen) atoms. The van der Waals surface area contributed by atoms with Crippen molar-refractivity contribution < 1.29 is 4.79 Å². The average Bonchev–Trinajstić information content (AvgIpc) is 2.44. The first-order valence-corrected chi connectivity index (χ1v) is 4.61. The minimum Gasteiger partial charge on any atom is -0.303 e. The van der Waals surface area contributed by atoms with E-state index in [1.807, 2.05) is 0 Å². The number of carbonyl (C=O) groups excluding carboxylic acids is 1. The molecule has 0 radical (unpaired) electrons. The van der Waals surface area contributed by atoms with E-state index < -0.39 is 0 Å². The van der Waals surface area contributed by atoms with Crippen LogP contribution in [-0.4, -0.2) is 6.29 Å². The zero-order chi connectivity index (χ0) is 8.06. The Morgan fingerprint density at radius 1 is 1.36 bits per heavy atom. The van der Waals surface area contributed by atoms with E-state index in [1.54, 1.807) is 0 Å². The molecule has 0 heterocycles. The quantitative estimate of drug-likeness (QED) is 0.527. The van der Waals surface area contributed by atoms with Crippen LogP contribution in [0.4, 0.5) is 0 Å². The SMILES string of the molecule is CC1(C)C2CCC(C2)C1C=O. The van der Waals surface area contributed by atoms with Gasteiger partial charge in [-0.3, -0.25) is 0 Å². The molecule has 2 rings (SSSR count). The van der Waals surface area contributed by atoms with E-state index in [-0.39, 0.29) is 0 Å². The van der Waals surface area contributed by atoms with E-state index in [4.69, 9.17) is 0 Å². The average molecular weight is 152 g/mol. The van der Waals surface area contributed by atoms with E-state index in [0.29, 0.717) is 11.3 Å². The molecule has 2 aliphatic rings. The molecule has 2 aliphatic carbocycles. The predicted molar refractivity (Wildman–Crippen MR) is 44.2 cm³/mol. The summed E-state index contributed by atoms with van der Waals surface area (Å²) < 4.78 is 0. The monoisotopic (exact) mass is 152 g/mol. The maximum absolute atomic E-state index is 10.8. The molecule has 0 aromatic heterocycles. The first-order valence-electron chi connectivity index (χ1n) is 4.61. The summed E-state index contributed by atoms with van der Waals surface area (Å²) in [5.41, 5.74) is 0.310. The van der Waals surface area contributed by atoms with Crippen LogP contribution in [0.2, 0.25) is 0 Å². The molecular formula is C10H16O. The largest absolute Gasteiger partial charge is 0.303 e. The number of rotatable bonds is 1. The lowest BCUT2D eigenvalue weighted by molar-refractivity contribution is -0.116. The van der Waals surface area contributed by atoms with Gasteiger partial charge in [-0.05, 0) is 36.5 Å². The Morgan fingerprint density at radius 3 is 2.45 bits per heavy atom. The van der Waals surface area contributed by atoms with Crippen molar-refractivity contribution in [1.82, 2.24) is 0 Å². The standard InChI is InChI=1S/C10H16O/c1-10(2)8-4-3-7(5-8)9(10)6-11/h6-9H,3-5H2,1-2H3. The topological polar surface area (TPSA) is 17.1 Å². The molecule has 2 fully saturated rings. The summed E-state index contributed by atoms with van der Waals surface area (Å²) in [6.45, 7) is 4.52. The van der Waals surface area contributed by atoms with E-state index in [1.165, 1.54) is 25.5 Å². The zero-order valence-electron chi connectivity index (χ0n) is 7.34. The molecular weight excluding hydrogens is 136 g/mol. The summed E-state index contributed by atoms with van der Waals surface area (Å²) in [4.78, 5) is 10.8. The van der Waals surface area contributed by atoms with Gasteiger partial charge in [-0.1, -0.05) is 13.8 Å². The molecule has 1 nitrogen and oxygen atoms in total. The third kappa shape index (κ3) is 0.800. The second-order valence-electron chi connectivity index (χ2n) is 4.75. The number of aldehydes is 1. The van der Waals surface area contributed by atoms with E-state index in [9.17, 15) is 4.79 Å². The van der Waals surface area contributed by atoms with Gasteiger partial charge in [0.05, 0.1) is 0 Å². The Hall–Kier alpha value is -0.330. The Morgan fingerprint density at radius 2 is 2.09 bits per heavy atom. The van der Waals surface area contributed by atoms with E-state index in [2.05, 4.69) is 13.8 Å². The Kier molecular flexibility index (Phi) is 1.39. The molecule has 3 atom stereocenters. The number of hydrogen-bond acceptors (Lipinski definition) is 1. The second-order valence-corrected chi connectivity index (χ2v) is 4.75. The second kappa shape index (κ2) is 2.09. The number of fused-ring (bicyclic) bond motifs is 2. The molecule has 0 spiro atoms. The lowest BCUT2D eigenvalue weighted by Crippen LogP contribution is -2.31. The fourth-order valence-electron chi connectivity index (χ4n) is 3.18. The summed E-state index contributed by atoms with van der Waals surface area (Å²) in [5, 5.41) is 0. The van der Waals surface area contributed by atoms with Gasteiger partial charge >= 0.3 is 0 Å². The molecule has 62 valence electrons. The van der Waals surface area contributed by atoms with Crippen molar-refractivity contribution in [1.29, 1.82) is 0 Å². The van der Waals surface area contributed by atoms with E-state index >= 15 is 0 Å². The van der Waals surface area contributed by atoms with Crippen molar-refractivity contribution in [2.24, 2.45) is 23.2 Å². The van der Waals surface area contributed by atoms with Crippen molar-refractivity contribution in [2.75, 3.05) is 0 Å². The molecule has 1 heteroatoms. The van der Waals surface area contributed by atoms with Gasteiger partial charge in [0.2, 0.25) is 0 Å². The smallest absolute Gasteiger partial charge is 0.123 e. The molecule has 0 N–H and O–H groups in total. The van der Waals surface area contributed by atoms with Gasteiger partial charge in [0.1, 0.15) is 6.29 Å². The summed E-state index contributed by atoms with van der Waals surface area (Å²) in [5.74, 6) is 1.93. The fraction of sp³-hybridized carbons (Fsp3) is 0.900. The van der Waals surface area contributed by atoms with Crippen LogP contribution in [0, 0.1) is 23.2 Å². The van der Waals surface area contributed by atoms with Crippen LogP contribution in [-0.2, 0) is 4.79 Å². The molecule has 3 unspecified atom stereocenters. The lowest BCUT2D eigenvalue weighted by atomic mass is 9.69. The zero-order valence-corrected chi connectivity index (χ0v) is 7.34. The van der Waals surface area contributed by atoms with Crippen LogP contribution in [0.3, 0.4) is 0 Å². The normalized spacial score (nSPS) is 46.2. The molecule has 2 bridgehead atoms. The van der Waals surface area contributed by atoms with Crippen molar-refractivity contribution in [3.05, 3.63) is 0 Å². The molecule has 0 saturated heterocycles. The van der Waals surface area contributed by atoms with E-state index in [0.717, 1.165) is 11.8 Å². The highest BCUT2D eigenvalue weighted by molar-refractivity contribution is 5.57. The molecule has 0 aromatic rings. The van der Waals surface area contributed by atoms with Gasteiger partial charge in [-0.15, -0.1) is 0 Å². The van der Waals surface area contributed by atoms with Gasteiger partial charge in [-0.2, -0.15) is 0 Å². The molecule has 2 saturated carbocycles. The van der Waals surface area contributed by atoms with Crippen molar-refractivity contribution in [2.45, 2.75) is 33.1 Å². The maximum Gasteiger partial charge on any atom is 0.123 e. The van der Waals surface area contributed by atoms with Crippen LogP contribution in [0.5, 0.6) is 0 Å². The highest BCUT2D eigenvalue weighted by Crippen LogP contribution is 2.58. The van der Waals surface area contributed by atoms with Crippen molar-refractivity contribution in [3.8, 4) is 0 Å². The van der Waals surface area contributed by atoms with Gasteiger partial charge in [-0.25, -0.2) is 0 Å². The van der Waals surface area contributed by atoms with Gasteiger partial charge in [0.15, 0.2) is 0 Å². The maximum atomic E-state index is 10.8. The first kappa shape index (κ1) is 7.33. The number of carbonyl (C=O) groups is 1. The minimum absolute atomic E-state index is 0.310. The summed E-state index contributed by atoms with van der Waals surface area (Å²) in [6, 6.07) is 0. The Labute approximate surface area is 68.2 Å². The minimum atomic E-state index is 0.310. The highest BCUT2D eigenvalue weighted by Gasteiger charge is 2.52. The Bertz CT molecular complexity index is 183. The van der Waals surface area contributed by atoms with Crippen LogP contribution in [0.15, 0.2) is 0 Å². The van der Waals surface area contributed by atoms with Crippen molar-refractivity contribution >= 4 is 6.29 Å². The third-order valence-electron chi connectivity index (χ3n) is 4.04. The van der Waals surface area contributed by atoms with Crippen LogP contribution in [0.25, 0.3) is 0 Å². The lowest BCUT2D eigenvalue weighted by Gasteiger charge is -2.34.